The zero-order chi connectivity index (χ0) is 21.8. The number of hydrogen-bond acceptors (Lipinski definition) is 4. The van der Waals surface area contributed by atoms with Gasteiger partial charge < -0.3 is 9.72 Å². The van der Waals surface area contributed by atoms with Crippen molar-refractivity contribution in [2.24, 2.45) is 0 Å². The van der Waals surface area contributed by atoms with Gasteiger partial charge in [0, 0.05) is 29.1 Å². The Hall–Kier alpha value is -2.05. The van der Waals surface area contributed by atoms with Crippen molar-refractivity contribution in [1.29, 1.82) is 0 Å². The lowest BCUT2D eigenvalue weighted by molar-refractivity contribution is -0.0182. The molecule has 0 saturated carbocycles. The van der Waals surface area contributed by atoms with Crippen molar-refractivity contribution in [3.8, 4) is 11.4 Å². The number of ether oxygens (including phenoxy) is 1. The first-order valence-corrected chi connectivity index (χ1v) is 12.5. The van der Waals surface area contributed by atoms with Crippen LogP contribution in [0.4, 0.5) is 0 Å². The summed E-state index contributed by atoms with van der Waals surface area (Å²) < 4.78 is 8.18. The van der Waals surface area contributed by atoms with Crippen LogP contribution in [-0.4, -0.2) is 36.9 Å². The van der Waals surface area contributed by atoms with Crippen LogP contribution in [0.25, 0.3) is 11.4 Å². The summed E-state index contributed by atoms with van der Waals surface area (Å²) in [6.45, 7) is 8.84. The van der Waals surface area contributed by atoms with Crippen molar-refractivity contribution in [1.82, 2.24) is 19.7 Å². The average Bonchev–Trinajstić information content (AvgIpc) is 3.37. The van der Waals surface area contributed by atoms with Gasteiger partial charge in [0.1, 0.15) is 6.61 Å². The molecule has 0 aliphatic carbocycles. The molecule has 5 nitrogen and oxygen atoms in total. The van der Waals surface area contributed by atoms with Gasteiger partial charge >= 0.3 is 0 Å². The highest BCUT2D eigenvalue weighted by atomic mass is 32.2. The fourth-order valence-electron chi connectivity index (χ4n) is 4.01. The largest absolute Gasteiger partial charge is 0.368 e. The maximum Gasteiger partial charge on any atom is 0.176 e. The van der Waals surface area contributed by atoms with Crippen LogP contribution in [0.3, 0.4) is 0 Å². The zero-order valence-electron chi connectivity index (χ0n) is 19.1. The summed E-state index contributed by atoms with van der Waals surface area (Å²) in [6, 6.07) is 13.3. The van der Waals surface area contributed by atoms with Crippen molar-refractivity contribution < 1.29 is 4.74 Å². The zero-order valence-corrected chi connectivity index (χ0v) is 20.0. The van der Waals surface area contributed by atoms with E-state index in [-0.39, 0.29) is 5.60 Å². The van der Waals surface area contributed by atoms with Gasteiger partial charge in [-0.3, -0.25) is 0 Å². The molecular formula is C25H34N4OS. The van der Waals surface area contributed by atoms with Crippen molar-refractivity contribution in [2.45, 2.75) is 71.6 Å². The quantitative estimate of drug-likeness (QED) is 0.506. The molecule has 4 rings (SSSR count). The van der Waals surface area contributed by atoms with Crippen LogP contribution < -0.4 is 0 Å². The topological polar surface area (TPSA) is 55.7 Å². The molecule has 1 aliphatic rings. The fourth-order valence-corrected chi connectivity index (χ4v) is 5.13. The van der Waals surface area contributed by atoms with E-state index in [0.717, 1.165) is 36.7 Å². The van der Waals surface area contributed by atoms with E-state index in [0.29, 0.717) is 12.6 Å². The Balaban J connectivity index is 1.68. The molecule has 1 atom stereocenters. The molecule has 2 aromatic heterocycles. The number of aromatic amines is 1. The molecule has 166 valence electrons. The number of benzene rings is 1. The van der Waals surface area contributed by atoms with Gasteiger partial charge in [-0.25, -0.2) is 9.67 Å². The molecule has 3 heterocycles. The average molecular weight is 439 g/mol. The molecule has 31 heavy (non-hydrogen) atoms. The maximum atomic E-state index is 6.00. The van der Waals surface area contributed by atoms with E-state index in [2.05, 4.69) is 73.8 Å². The minimum Gasteiger partial charge on any atom is -0.368 e. The normalized spacial score (nSPS) is 17.2. The smallest absolute Gasteiger partial charge is 0.176 e. The third-order valence-corrected chi connectivity index (χ3v) is 6.78. The first kappa shape index (κ1) is 22.2. The summed E-state index contributed by atoms with van der Waals surface area (Å²) in [4.78, 5) is 8.64. The third kappa shape index (κ3) is 5.60. The molecule has 0 spiro atoms. The van der Waals surface area contributed by atoms with Gasteiger partial charge in [0.2, 0.25) is 0 Å². The lowest BCUT2D eigenvalue weighted by Crippen LogP contribution is -2.20. The van der Waals surface area contributed by atoms with Gasteiger partial charge in [-0.05, 0) is 57.4 Å². The number of nitrogens with zero attached hydrogens (tertiary/aromatic N) is 3. The van der Waals surface area contributed by atoms with Crippen LogP contribution in [0, 0.1) is 0 Å². The van der Waals surface area contributed by atoms with Gasteiger partial charge in [0.05, 0.1) is 11.6 Å². The van der Waals surface area contributed by atoms with Crippen LogP contribution in [-0.2, 0) is 24.2 Å². The van der Waals surface area contributed by atoms with E-state index in [1.807, 2.05) is 11.8 Å². The molecule has 1 N–H and O–H groups in total. The summed E-state index contributed by atoms with van der Waals surface area (Å²) in [7, 11) is 0. The Labute approximate surface area is 190 Å². The predicted octanol–water partition coefficient (Wildman–Crippen LogP) is 5.81. The van der Waals surface area contributed by atoms with Crippen molar-refractivity contribution >= 4 is 11.8 Å². The van der Waals surface area contributed by atoms with Crippen LogP contribution in [0.15, 0.2) is 36.4 Å². The monoisotopic (exact) mass is 438 g/mol. The van der Waals surface area contributed by atoms with Gasteiger partial charge in [0.15, 0.2) is 11.6 Å². The first-order valence-electron chi connectivity index (χ1n) is 11.3. The molecule has 1 fully saturated rings. The Morgan fingerprint density at radius 1 is 1.23 bits per heavy atom. The number of aromatic nitrogens is 4. The van der Waals surface area contributed by atoms with Crippen LogP contribution in [0.5, 0.6) is 0 Å². The Kier molecular flexibility index (Phi) is 6.87. The third-order valence-electron chi connectivity index (χ3n) is 5.58. The Morgan fingerprint density at radius 3 is 2.71 bits per heavy atom. The maximum absolute atomic E-state index is 6.00. The Morgan fingerprint density at radius 2 is 2.03 bits per heavy atom. The second kappa shape index (κ2) is 9.61. The van der Waals surface area contributed by atoms with Gasteiger partial charge in [-0.2, -0.15) is 16.9 Å². The van der Waals surface area contributed by atoms with Crippen LogP contribution in [0.1, 0.15) is 69.4 Å². The standard InChI is InChI=1S/C25H34N4OS/c1-5-22-21(15-19(26-22)14-18-10-7-6-8-11-18)24-27-23(16-30-25(2,3)4)28-29(24)20-12-9-13-31-17-20/h6-8,10-11,15,20,26H,5,9,12-14,16-17H2,1-4H3. The molecule has 1 saturated heterocycles. The van der Waals surface area contributed by atoms with Gasteiger partial charge in [-0.15, -0.1) is 0 Å². The molecule has 0 bridgehead atoms. The molecule has 0 radical (unpaired) electrons. The highest BCUT2D eigenvalue weighted by Crippen LogP contribution is 2.32. The number of aryl methyl sites for hydroxylation is 1. The SMILES string of the molecule is CCc1[nH]c(Cc2ccccc2)cc1-c1nc(COC(C)(C)C)nn1C1CCCSC1. The number of hydrogen-bond donors (Lipinski definition) is 1. The number of nitrogens with one attached hydrogen (secondary N) is 1. The summed E-state index contributed by atoms with van der Waals surface area (Å²) in [6.07, 6.45) is 4.21. The second-order valence-corrected chi connectivity index (χ2v) is 10.4. The van der Waals surface area contributed by atoms with Crippen molar-refractivity contribution in [3.63, 3.8) is 0 Å². The van der Waals surface area contributed by atoms with Gasteiger partial charge in [0.25, 0.3) is 0 Å². The number of rotatable bonds is 7. The molecule has 0 amide bonds. The fraction of sp³-hybridized carbons (Fsp3) is 0.520. The summed E-state index contributed by atoms with van der Waals surface area (Å²) >= 11 is 2.02. The van der Waals surface area contributed by atoms with E-state index in [1.165, 1.54) is 34.7 Å². The summed E-state index contributed by atoms with van der Waals surface area (Å²) in [5.74, 6) is 4.09. The predicted molar refractivity (Wildman–Crippen MR) is 129 cm³/mol. The summed E-state index contributed by atoms with van der Waals surface area (Å²) in [5, 5.41) is 4.94. The molecular weight excluding hydrogens is 404 g/mol. The van der Waals surface area contributed by atoms with E-state index in [1.54, 1.807) is 0 Å². The lowest BCUT2D eigenvalue weighted by atomic mass is 10.1. The van der Waals surface area contributed by atoms with Crippen molar-refractivity contribution in [2.75, 3.05) is 11.5 Å². The first-order chi connectivity index (χ1) is 14.9. The molecule has 3 aromatic rings. The van der Waals surface area contributed by atoms with E-state index in [9.17, 15) is 0 Å². The molecule has 1 unspecified atom stereocenters. The number of H-pyrrole nitrogens is 1. The molecule has 6 heteroatoms. The minimum atomic E-state index is -0.210. The van der Waals surface area contributed by atoms with E-state index >= 15 is 0 Å². The Bertz CT molecular complexity index is 981. The minimum absolute atomic E-state index is 0.210. The van der Waals surface area contributed by atoms with Crippen molar-refractivity contribution in [3.05, 3.63) is 59.2 Å². The molecule has 1 aromatic carbocycles. The lowest BCUT2D eigenvalue weighted by Gasteiger charge is -2.23. The van der Waals surface area contributed by atoms with Gasteiger partial charge in [-0.1, -0.05) is 37.3 Å². The second-order valence-electron chi connectivity index (χ2n) is 9.27. The highest BCUT2D eigenvalue weighted by Gasteiger charge is 2.25. The molecule has 1 aliphatic heterocycles. The van der Waals surface area contributed by atoms with E-state index < -0.39 is 0 Å². The number of thioether (sulfide) groups is 1. The van der Waals surface area contributed by atoms with Crippen LogP contribution >= 0.6 is 11.8 Å². The van der Waals surface area contributed by atoms with E-state index in [4.69, 9.17) is 14.8 Å². The summed E-state index contributed by atoms with van der Waals surface area (Å²) in [5.41, 5.74) is 4.72. The van der Waals surface area contributed by atoms with Crippen LogP contribution in [0.2, 0.25) is 0 Å². The highest BCUT2D eigenvalue weighted by molar-refractivity contribution is 7.99.